The van der Waals surface area contributed by atoms with Crippen LogP contribution in [0.4, 0.5) is 11.6 Å². The number of aliphatic hydroxyl groups excluding tert-OH is 1. The number of hydrogen-bond donors (Lipinski definition) is 2. The lowest BCUT2D eigenvalue weighted by Gasteiger charge is -2.38. The Morgan fingerprint density at radius 1 is 1.47 bits per heavy atom. The fraction of sp³-hybridized carbons (Fsp3) is 0.667. The predicted octanol–water partition coefficient (Wildman–Crippen LogP) is 1.26. The fourth-order valence-electron chi connectivity index (χ4n) is 2.06. The Kier molecular flexibility index (Phi) is 4.14. The second kappa shape index (κ2) is 5.82. The van der Waals surface area contributed by atoms with Gasteiger partial charge in [-0.25, -0.2) is 9.97 Å². The van der Waals surface area contributed by atoms with Gasteiger partial charge in [0.2, 0.25) is 0 Å². The lowest BCUT2D eigenvalue weighted by atomic mass is 9.91. The van der Waals surface area contributed by atoms with E-state index in [1.165, 1.54) is 19.3 Å². The summed E-state index contributed by atoms with van der Waals surface area (Å²) in [4.78, 5) is 10.8. The van der Waals surface area contributed by atoms with Gasteiger partial charge in [-0.2, -0.15) is 0 Å². The summed E-state index contributed by atoms with van der Waals surface area (Å²) >= 11 is 0. The van der Waals surface area contributed by atoms with Crippen LogP contribution in [0.25, 0.3) is 0 Å². The zero-order valence-corrected chi connectivity index (χ0v) is 10.3. The van der Waals surface area contributed by atoms with Crippen LogP contribution in [0.2, 0.25) is 0 Å². The van der Waals surface area contributed by atoms with Crippen LogP contribution < -0.4 is 10.2 Å². The van der Waals surface area contributed by atoms with Crippen molar-refractivity contribution in [2.75, 3.05) is 30.4 Å². The molecule has 0 atom stereocenters. The molecule has 2 N–H and O–H groups in total. The highest BCUT2D eigenvalue weighted by molar-refractivity contribution is 5.49. The number of aromatic nitrogens is 2. The van der Waals surface area contributed by atoms with Gasteiger partial charge in [0.05, 0.1) is 0 Å². The van der Waals surface area contributed by atoms with Gasteiger partial charge in [-0.15, -0.1) is 0 Å². The molecule has 2 rings (SSSR count). The van der Waals surface area contributed by atoms with Gasteiger partial charge >= 0.3 is 0 Å². The summed E-state index contributed by atoms with van der Waals surface area (Å²) in [5.41, 5.74) is 0. The number of anilines is 2. The van der Waals surface area contributed by atoms with E-state index in [2.05, 4.69) is 20.2 Å². The van der Waals surface area contributed by atoms with Gasteiger partial charge in [0.15, 0.2) is 0 Å². The summed E-state index contributed by atoms with van der Waals surface area (Å²) < 4.78 is 0. The molecule has 0 saturated heterocycles. The van der Waals surface area contributed by atoms with E-state index in [-0.39, 0.29) is 6.61 Å². The van der Waals surface area contributed by atoms with Gasteiger partial charge in [0.1, 0.15) is 18.0 Å². The van der Waals surface area contributed by atoms with Crippen molar-refractivity contribution in [3.63, 3.8) is 0 Å². The molecule has 1 aliphatic carbocycles. The van der Waals surface area contributed by atoms with Gasteiger partial charge in [-0.1, -0.05) is 0 Å². The molecule has 0 spiro atoms. The predicted molar refractivity (Wildman–Crippen MR) is 68.3 cm³/mol. The zero-order valence-electron chi connectivity index (χ0n) is 10.3. The second-order valence-corrected chi connectivity index (χ2v) is 4.37. The maximum Gasteiger partial charge on any atom is 0.134 e. The molecule has 1 saturated carbocycles. The third-order valence-corrected chi connectivity index (χ3v) is 3.28. The van der Waals surface area contributed by atoms with Crippen molar-refractivity contribution in [1.29, 1.82) is 0 Å². The molecule has 0 aromatic carbocycles. The smallest absolute Gasteiger partial charge is 0.134 e. The first-order valence-electron chi connectivity index (χ1n) is 6.22. The lowest BCUT2D eigenvalue weighted by Crippen LogP contribution is -2.41. The molecule has 1 aromatic heterocycles. The van der Waals surface area contributed by atoms with E-state index < -0.39 is 0 Å². The molecular formula is C12H20N4O. The van der Waals surface area contributed by atoms with Gasteiger partial charge < -0.3 is 15.3 Å². The number of nitrogens with one attached hydrogen (secondary N) is 1. The van der Waals surface area contributed by atoms with E-state index in [9.17, 15) is 0 Å². The van der Waals surface area contributed by atoms with Crippen molar-refractivity contribution >= 4 is 11.6 Å². The SMILES string of the molecule is CNc1cc(N(CCCO)C2CCC2)ncn1. The average molecular weight is 236 g/mol. The summed E-state index contributed by atoms with van der Waals surface area (Å²) in [5.74, 6) is 1.80. The molecule has 94 valence electrons. The van der Waals surface area contributed by atoms with Crippen LogP contribution in [-0.4, -0.2) is 41.3 Å². The number of aliphatic hydroxyl groups is 1. The Labute approximate surface area is 102 Å². The zero-order chi connectivity index (χ0) is 12.1. The quantitative estimate of drug-likeness (QED) is 0.778. The van der Waals surface area contributed by atoms with Crippen molar-refractivity contribution in [3.8, 4) is 0 Å². The Bertz CT molecular complexity index is 354. The van der Waals surface area contributed by atoms with E-state index in [0.717, 1.165) is 24.6 Å². The number of nitrogens with zero attached hydrogens (tertiary/aromatic N) is 3. The Balaban J connectivity index is 2.11. The van der Waals surface area contributed by atoms with E-state index >= 15 is 0 Å². The molecule has 5 nitrogen and oxygen atoms in total. The van der Waals surface area contributed by atoms with Gasteiger partial charge in [0.25, 0.3) is 0 Å². The normalized spacial score (nSPS) is 15.4. The van der Waals surface area contributed by atoms with Crippen LogP contribution in [0.15, 0.2) is 12.4 Å². The molecule has 0 unspecified atom stereocenters. The molecule has 0 radical (unpaired) electrons. The van der Waals surface area contributed by atoms with Crippen molar-refractivity contribution < 1.29 is 5.11 Å². The summed E-state index contributed by atoms with van der Waals surface area (Å²) in [6, 6.07) is 2.55. The van der Waals surface area contributed by atoms with Crippen molar-refractivity contribution in [3.05, 3.63) is 12.4 Å². The standard InChI is InChI=1S/C12H20N4O/c1-13-11-8-12(15-9-14-11)16(6-3-7-17)10-4-2-5-10/h8-10,17H,2-7H2,1H3,(H,13,14,15). The first-order chi connectivity index (χ1) is 8.35. The summed E-state index contributed by atoms with van der Waals surface area (Å²) in [5, 5.41) is 12.0. The Morgan fingerprint density at radius 3 is 2.88 bits per heavy atom. The van der Waals surface area contributed by atoms with Crippen molar-refractivity contribution in [2.45, 2.75) is 31.7 Å². The highest BCUT2D eigenvalue weighted by atomic mass is 16.3. The minimum Gasteiger partial charge on any atom is -0.396 e. The monoisotopic (exact) mass is 236 g/mol. The van der Waals surface area contributed by atoms with Gasteiger partial charge in [0, 0.05) is 32.3 Å². The highest BCUT2D eigenvalue weighted by Crippen LogP contribution is 2.29. The molecular weight excluding hydrogens is 216 g/mol. The fourth-order valence-corrected chi connectivity index (χ4v) is 2.06. The Morgan fingerprint density at radius 2 is 2.29 bits per heavy atom. The van der Waals surface area contributed by atoms with E-state index in [0.29, 0.717) is 6.04 Å². The van der Waals surface area contributed by atoms with Gasteiger partial charge in [-0.05, 0) is 25.7 Å². The molecule has 5 heteroatoms. The summed E-state index contributed by atoms with van der Waals surface area (Å²) in [6.07, 6.45) is 6.13. The number of rotatable bonds is 6. The van der Waals surface area contributed by atoms with E-state index in [1.807, 2.05) is 13.1 Å². The minimum atomic E-state index is 0.229. The number of hydrogen-bond acceptors (Lipinski definition) is 5. The largest absolute Gasteiger partial charge is 0.396 e. The molecule has 1 aliphatic rings. The summed E-state index contributed by atoms with van der Waals surface area (Å²) in [6.45, 7) is 1.09. The third-order valence-electron chi connectivity index (χ3n) is 3.28. The highest BCUT2D eigenvalue weighted by Gasteiger charge is 2.25. The van der Waals surface area contributed by atoms with Gasteiger partial charge in [-0.3, -0.25) is 0 Å². The molecule has 1 fully saturated rings. The van der Waals surface area contributed by atoms with Crippen molar-refractivity contribution in [2.24, 2.45) is 0 Å². The second-order valence-electron chi connectivity index (χ2n) is 4.37. The van der Waals surface area contributed by atoms with Crippen LogP contribution in [0.1, 0.15) is 25.7 Å². The summed E-state index contributed by atoms with van der Waals surface area (Å²) in [7, 11) is 1.85. The van der Waals surface area contributed by atoms with Crippen LogP contribution in [0.3, 0.4) is 0 Å². The van der Waals surface area contributed by atoms with Crippen molar-refractivity contribution in [1.82, 2.24) is 9.97 Å². The van der Waals surface area contributed by atoms with Crippen LogP contribution in [0, 0.1) is 0 Å². The van der Waals surface area contributed by atoms with E-state index in [1.54, 1.807) is 6.33 Å². The maximum absolute atomic E-state index is 8.96. The maximum atomic E-state index is 8.96. The van der Waals surface area contributed by atoms with Crippen LogP contribution in [-0.2, 0) is 0 Å². The Hall–Kier alpha value is -1.36. The first kappa shape index (κ1) is 12.1. The average Bonchev–Trinajstić information content (AvgIpc) is 2.32. The molecule has 1 aromatic rings. The van der Waals surface area contributed by atoms with Crippen LogP contribution in [0.5, 0.6) is 0 Å². The minimum absolute atomic E-state index is 0.229. The lowest BCUT2D eigenvalue weighted by molar-refractivity contribution is 0.282. The topological polar surface area (TPSA) is 61.3 Å². The molecule has 17 heavy (non-hydrogen) atoms. The van der Waals surface area contributed by atoms with E-state index in [4.69, 9.17) is 5.11 Å². The molecule has 0 bridgehead atoms. The first-order valence-corrected chi connectivity index (χ1v) is 6.22. The molecule has 0 aliphatic heterocycles. The van der Waals surface area contributed by atoms with Crippen LogP contribution >= 0.6 is 0 Å². The molecule has 0 amide bonds. The third kappa shape index (κ3) is 2.85. The molecule has 1 heterocycles.